The van der Waals surface area contributed by atoms with Crippen LogP contribution in [0.25, 0.3) is 0 Å². The van der Waals surface area contributed by atoms with Gasteiger partial charge in [0.05, 0.1) is 17.8 Å². The first-order valence-corrected chi connectivity index (χ1v) is 7.69. The number of nitriles is 1. The van der Waals surface area contributed by atoms with E-state index < -0.39 is 0 Å². The molecule has 0 saturated carbocycles. The van der Waals surface area contributed by atoms with Gasteiger partial charge in [-0.2, -0.15) is 15.3 Å². The zero-order chi connectivity index (χ0) is 17.5. The van der Waals surface area contributed by atoms with Gasteiger partial charge in [-0.05, 0) is 36.2 Å². The Morgan fingerprint density at radius 1 is 1.12 bits per heavy atom. The van der Waals surface area contributed by atoms with Gasteiger partial charge in [-0.1, -0.05) is 24.3 Å². The van der Waals surface area contributed by atoms with Gasteiger partial charge in [-0.3, -0.25) is 0 Å². The van der Waals surface area contributed by atoms with Gasteiger partial charge in [0.1, 0.15) is 5.82 Å². The summed E-state index contributed by atoms with van der Waals surface area (Å²) in [5.74, 6) is 0.618. The van der Waals surface area contributed by atoms with Gasteiger partial charge < -0.3 is 10.6 Å². The van der Waals surface area contributed by atoms with Gasteiger partial charge >= 0.3 is 0 Å². The molecule has 0 atom stereocenters. The second-order valence-corrected chi connectivity index (χ2v) is 5.25. The van der Waals surface area contributed by atoms with Gasteiger partial charge in [0.15, 0.2) is 5.82 Å². The fourth-order valence-corrected chi connectivity index (χ4v) is 2.26. The third kappa shape index (κ3) is 4.48. The van der Waals surface area contributed by atoms with E-state index in [9.17, 15) is 4.39 Å². The first-order valence-electron chi connectivity index (χ1n) is 7.69. The van der Waals surface area contributed by atoms with Gasteiger partial charge in [0.2, 0.25) is 5.95 Å². The molecule has 0 saturated heterocycles. The molecule has 0 unspecified atom stereocenters. The molecule has 0 aliphatic heterocycles. The Bertz CT molecular complexity index is 906. The number of hydrogen-bond donors (Lipinski definition) is 2. The maximum absolute atomic E-state index is 13.6. The Hall–Kier alpha value is -3.53. The summed E-state index contributed by atoms with van der Waals surface area (Å²) in [6, 6.07) is 15.8. The number of rotatable bonds is 6. The Morgan fingerprint density at radius 2 is 2.00 bits per heavy atom. The van der Waals surface area contributed by atoms with Crippen molar-refractivity contribution in [3.05, 3.63) is 71.7 Å². The number of nitrogens with one attached hydrogen (secondary N) is 2. The number of aromatic nitrogens is 3. The average Bonchev–Trinajstić information content (AvgIpc) is 2.64. The summed E-state index contributed by atoms with van der Waals surface area (Å²) in [6.07, 6.45) is 2.00. The zero-order valence-electron chi connectivity index (χ0n) is 13.3. The normalized spacial score (nSPS) is 10.1. The molecule has 7 heteroatoms. The summed E-state index contributed by atoms with van der Waals surface area (Å²) in [6.45, 7) is 0.482. The van der Waals surface area contributed by atoms with E-state index in [0.717, 1.165) is 5.69 Å². The van der Waals surface area contributed by atoms with Crippen molar-refractivity contribution in [2.75, 3.05) is 17.2 Å². The third-order valence-corrected chi connectivity index (χ3v) is 3.46. The van der Waals surface area contributed by atoms with Crippen molar-refractivity contribution in [1.29, 1.82) is 5.26 Å². The van der Waals surface area contributed by atoms with Crippen LogP contribution in [0.1, 0.15) is 11.1 Å². The largest absolute Gasteiger partial charge is 0.353 e. The van der Waals surface area contributed by atoms with E-state index in [1.807, 2.05) is 6.07 Å². The minimum atomic E-state index is -0.226. The molecule has 1 heterocycles. The van der Waals surface area contributed by atoms with Crippen LogP contribution in [0, 0.1) is 17.1 Å². The standard InChI is InChI=1S/C18H15FN6/c19-16-7-2-1-5-14(16)8-9-21-18-24-17(12-22-25-18)23-15-6-3-4-13(10-15)11-20/h1-7,10,12H,8-9H2,(H2,21,23,24,25). The van der Waals surface area contributed by atoms with Crippen LogP contribution < -0.4 is 10.6 Å². The van der Waals surface area contributed by atoms with Crippen LogP contribution in [-0.2, 0) is 6.42 Å². The maximum atomic E-state index is 13.6. The summed E-state index contributed by atoms with van der Waals surface area (Å²) in [5, 5.41) is 22.8. The fraction of sp³-hybridized carbons (Fsp3) is 0.111. The predicted molar refractivity (Wildman–Crippen MR) is 92.9 cm³/mol. The molecule has 25 heavy (non-hydrogen) atoms. The van der Waals surface area contributed by atoms with E-state index in [-0.39, 0.29) is 5.82 Å². The molecule has 1 aromatic heterocycles. The molecule has 2 aromatic carbocycles. The van der Waals surface area contributed by atoms with Crippen LogP contribution in [0.2, 0.25) is 0 Å². The predicted octanol–water partition coefficient (Wildman–Crippen LogP) is 3.28. The molecule has 3 aromatic rings. The highest BCUT2D eigenvalue weighted by molar-refractivity contribution is 5.58. The molecular weight excluding hydrogens is 319 g/mol. The second kappa shape index (κ2) is 7.84. The summed E-state index contributed by atoms with van der Waals surface area (Å²) in [7, 11) is 0. The van der Waals surface area contributed by atoms with Crippen LogP contribution in [0.3, 0.4) is 0 Å². The molecule has 0 aliphatic carbocycles. The van der Waals surface area contributed by atoms with Gasteiger partial charge in [0.25, 0.3) is 0 Å². The van der Waals surface area contributed by atoms with Gasteiger partial charge in [-0.25, -0.2) is 4.39 Å². The molecule has 0 spiro atoms. The summed E-state index contributed by atoms with van der Waals surface area (Å²) < 4.78 is 13.6. The monoisotopic (exact) mass is 334 g/mol. The molecule has 3 rings (SSSR count). The molecule has 0 fully saturated rings. The van der Waals surface area contributed by atoms with Crippen LogP contribution >= 0.6 is 0 Å². The van der Waals surface area contributed by atoms with Crippen molar-refractivity contribution in [3.8, 4) is 6.07 Å². The number of hydrogen-bond acceptors (Lipinski definition) is 6. The van der Waals surface area contributed by atoms with Crippen LogP contribution in [0.4, 0.5) is 21.8 Å². The molecule has 0 amide bonds. The highest BCUT2D eigenvalue weighted by Crippen LogP contribution is 2.15. The van der Waals surface area contributed by atoms with E-state index in [2.05, 4.69) is 31.9 Å². The zero-order valence-corrected chi connectivity index (χ0v) is 13.3. The lowest BCUT2D eigenvalue weighted by molar-refractivity contribution is 0.610. The molecule has 0 aliphatic rings. The Morgan fingerprint density at radius 3 is 2.84 bits per heavy atom. The van der Waals surface area contributed by atoms with E-state index in [1.165, 1.54) is 12.3 Å². The molecule has 0 radical (unpaired) electrons. The number of benzene rings is 2. The van der Waals surface area contributed by atoms with Crippen LogP contribution in [0.15, 0.2) is 54.7 Å². The van der Waals surface area contributed by atoms with Gasteiger partial charge in [0, 0.05) is 12.2 Å². The lowest BCUT2D eigenvalue weighted by atomic mass is 10.1. The lowest BCUT2D eigenvalue weighted by Gasteiger charge is -2.08. The Kier molecular flexibility index (Phi) is 5.12. The van der Waals surface area contributed by atoms with Crippen molar-refractivity contribution in [2.24, 2.45) is 0 Å². The minimum absolute atomic E-state index is 0.226. The van der Waals surface area contributed by atoms with E-state index in [1.54, 1.807) is 36.4 Å². The summed E-state index contributed by atoms with van der Waals surface area (Å²) in [4.78, 5) is 4.30. The average molecular weight is 334 g/mol. The van der Waals surface area contributed by atoms with Crippen LogP contribution in [-0.4, -0.2) is 21.7 Å². The Labute approximate surface area is 144 Å². The highest BCUT2D eigenvalue weighted by Gasteiger charge is 2.04. The smallest absolute Gasteiger partial charge is 0.244 e. The molecular formula is C18H15FN6. The maximum Gasteiger partial charge on any atom is 0.244 e. The van der Waals surface area contributed by atoms with Gasteiger partial charge in [-0.15, -0.1) is 5.10 Å². The number of halogens is 1. The summed E-state index contributed by atoms with van der Waals surface area (Å²) in [5.41, 5.74) is 1.91. The second-order valence-electron chi connectivity index (χ2n) is 5.25. The van der Waals surface area contributed by atoms with Crippen LogP contribution in [0.5, 0.6) is 0 Å². The molecule has 2 N–H and O–H groups in total. The van der Waals surface area contributed by atoms with E-state index in [0.29, 0.717) is 35.9 Å². The third-order valence-electron chi connectivity index (χ3n) is 3.46. The Balaban J connectivity index is 1.61. The SMILES string of the molecule is N#Cc1cccc(Nc2cnnc(NCCc3ccccc3F)n2)c1. The van der Waals surface area contributed by atoms with Crippen molar-refractivity contribution in [1.82, 2.24) is 15.2 Å². The van der Waals surface area contributed by atoms with Crippen molar-refractivity contribution < 1.29 is 4.39 Å². The van der Waals surface area contributed by atoms with Crippen molar-refractivity contribution in [3.63, 3.8) is 0 Å². The molecule has 0 bridgehead atoms. The topological polar surface area (TPSA) is 86.5 Å². The molecule has 6 nitrogen and oxygen atoms in total. The first-order chi connectivity index (χ1) is 12.2. The van der Waals surface area contributed by atoms with E-state index in [4.69, 9.17) is 5.26 Å². The lowest BCUT2D eigenvalue weighted by Crippen LogP contribution is -2.10. The number of anilines is 3. The molecule has 124 valence electrons. The fourth-order valence-electron chi connectivity index (χ4n) is 2.26. The van der Waals surface area contributed by atoms with E-state index >= 15 is 0 Å². The highest BCUT2D eigenvalue weighted by atomic mass is 19.1. The van der Waals surface area contributed by atoms with Crippen molar-refractivity contribution >= 4 is 17.5 Å². The minimum Gasteiger partial charge on any atom is -0.353 e. The first kappa shape index (κ1) is 16.3. The quantitative estimate of drug-likeness (QED) is 0.719. The summed E-state index contributed by atoms with van der Waals surface area (Å²) >= 11 is 0. The van der Waals surface area contributed by atoms with Crippen molar-refractivity contribution in [2.45, 2.75) is 6.42 Å². The number of nitrogens with zero attached hydrogens (tertiary/aromatic N) is 4.